The zero-order chi connectivity index (χ0) is 20.5. The van der Waals surface area contributed by atoms with Crippen LogP contribution in [0.4, 0.5) is 5.69 Å². The lowest BCUT2D eigenvalue weighted by atomic mass is 10.1. The molecule has 0 saturated carbocycles. The van der Waals surface area contributed by atoms with Gasteiger partial charge in [-0.3, -0.25) is 4.79 Å². The van der Waals surface area contributed by atoms with Crippen molar-refractivity contribution >= 4 is 23.6 Å². The molecular weight excluding hydrogens is 358 g/mol. The number of nitrogens with one attached hydrogen (secondary N) is 1. The van der Waals surface area contributed by atoms with Crippen LogP contribution in [-0.2, 0) is 9.53 Å². The lowest BCUT2D eigenvalue weighted by molar-refractivity contribution is -0.111. The Bertz CT molecular complexity index is 841. The molecule has 0 saturated heterocycles. The first-order chi connectivity index (χ1) is 13.4. The molecule has 6 nitrogen and oxygen atoms in total. The molecule has 28 heavy (non-hydrogen) atoms. The van der Waals surface area contributed by atoms with Gasteiger partial charge in [0.05, 0.1) is 26.4 Å². The van der Waals surface area contributed by atoms with E-state index in [0.29, 0.717) is 29.4 Å². The van der Waals surface area contributed by atoms with Crippen LogP contribution in [0.1, 0.15) is 29.8 Å². The summed E-state index contributed by atoms with van der Waals surface area (Å²) in [5, 5.41) is 2.75. The molecule has 1 N–H and O–H groups in total. The number of benzene rings is 2. The van der Waals surface area contributed by atoms with Crippen LogP contribution in [0.15, 0.2) is 48.5 Å². The average Bonchev–Trinajstić information content (AvgIpc) is 2.70. The first-order valence-corrected chi connectivity index (χ1v) is 8.91. The Morgan fingerprint density at radius 1 is 1.04 bits per heavy atom. The molecule has 0 radical (unpaired) electrons. The molecule has 1 amide bonds. The molecule has 0 spiro atoms. The summed E-state index contributed by atoms with van der Waals surface area (Å²) in [7, 11) is 3.13. The van der Waals surface area contributed by atoms with Crippen molar-refractivity contribution in [1.29, 1.82) is 0 Å². The van der Waals surface area contributed by atoms with Gasteiger partial charge in [-0.1, -0.05) is 13.8 Å². The summed E-state index contributed by atoms with van der Waals surface area (Å²) in [5.41, 5.74) is 1.77. The van der Waals surface area contributed by atoms with Gasteiger partial charge in [-0.15, -0.1) is 0 Å². The van der Waals surface area contributed by atoms with Crippen LogP contribution in [0.2, 0.25) is 0 Å². The monoisotopic (exact) mass is 383 g/mol. The van der Waals surface area contributed by atoms with Gasteiger partial charge in [0.15, 0.2) is 0 Å². The predicted molar refractivity (Wildman–Crippen MR) is 109 cm³/mol. The van der Waals surface area contributed by atoms with Crippen molar-refractivity contribution in [3.8, 4) is 11.5 Å². The van der Waals surface area contributed by atoms with E-state index in [0.717, 1.165) is 5.56 Å². The lowest BCUT2D eigenvalue weighted by Gasteiger charge is -2.08. The standard InChI is InChI=1S/C22H25NO5/c1-15(2)14-28-22(25)17-5-9-18(10-6-17)23-21(24)12-8-16-7-11-19(26-3)13-20(16)27-4/h5-13,15H,14H2,1-4H3,(H,23,24)/b12-8+. The molecule has 2 aromatic rings. The van der Waals surface area contributed by atoms with Gasteiger partial charge in [0.2, 0.25) is 5.91 Å². The number of carbonyl (C=O) groups is 2. The fourth-order valence-electron chi connectivity index (χ4n) is 2.32. The normalized spacial score (nSPS) is 10.8. The highest BCUT2D eigenvalue weighted by atomic mass is 16.5. The Morgan fingerprint density at radius 2 is 1.75 bits per heavy atom. The summed E-state index contributed by atoms with van der Waals surface area (Å²) in [6, 6.07) is 11.9. The first kappa shape index (κ1) is 21.0. The van der Waals surface area contributed by atoms with E-state index >= 15 is 0 Å². The van der Waals surface area contributed by atoms with Crippen LogP contribution in [0.3, 0.4) is 0 Å². The van der Waals surface area contributed by atoms with Gasteiger partial charge in [0, 0.05) is 23.4 Å². The summed E-state index contributed by atoms with van der Waals surface area (Å²) in [6.07, 6.45) is 3.07. The van der Waals surface area contributed by atoms with Crippen LogP contribution >= 0.6 is 0 Å². The van der Waals surface area contributed by atoms with Gasteiger partial charge < -0.3 is 19.5 Å². The molecule has 0 aliphatic carbocycles. The fourth-order valence-corrected chi connectivity index (χ4v) is 2.32. The Labute approximate surface area is 165 Å². The molecule has 0 aliphatic heterocycles. The Morgan fingerprint density at radius 3 is 2.36 bits per heavy atom. The van der Waals surface area contributed by atoms with Crippen molar-refractivity contribution in [1.82, 2.24) is 0 Å². The molecule has 0 bridgehead atoms. The molecule has 0 atom stereocenters. The summed E-state index contributed by atoms with van der Waals surface area (Å²) >= 11 is 0. The zero-order valence-electron chi connectivity index (χ0n) is 16.5. The Hall–Kier alpha value is -3.28. The van der Waals surface area contributed by atoms with Crippen molar-refractivity contribution in [2.24, 2.45) is 5.92 Å². The lowest BCUT2D eigenvalue weighted by Crippen LogP contribution is -2.11. The molecule has 148 valence electrons. The van der Waals surface area contributed by atoms with E-state index in [2.05, 4.69) is 5.32 Å². The number of hydrogen-bond donors (Lipinski definition) is 1. The number of anilines is 1. The van der Waals surface area contributed by atoms with Crippen LogP contribution in [0, 0.1) is 5.92 Å². The molecule has 0 unspecified atom stereocenters. The highest BCUT2D eigenvalue weighted by Gasteiger charge is 2.08. The maximum atomic E-state index is 12.1. The third kappa shape index (κ3) is 6.16. The average molecular weight is 383 g/mol. The quantitative estimate of drug-likeness (QED) is 0.547. The smallest absolute Gasteiger partial charge is 0.338 e. The topological polar surface area (TPSA) is 73.9 Å². The summed E-state index contributed by atoms with van der Waals surface area (Å²) < 4.78 is 15.6. The maximum Gasteiger partial charge on any atom is 0.338 e. The molecule has 0 heterocycles. The maximum absolute atomic E-state index is 12.1. The molecule has 0 aromatic heterocycles. The number of esters is 1. The SMILES string of the molecule is COc1ccc(/C=C/C(=O)Nc2ccc(C(=O)OCC(C)C)cc2)c(OC)c1. The molecule has 2 rings (SSSR count). The van der Waals surface area contributed by atoms with Crippen molar-refractivity contribution in [2.45, 2.75) is 13.8 Å². The molecule has 6 heteroatoms. The Kier molecular flexibility index (Phi) is 7.63. The van der Waals surface area contributed by atoms with Crippen LogP contribution in [0.25, 0.3) is 6.08 Å². The largest absolute Gasteiger partial charge is 0.497 e. The van der Waals surface area contributed by atoms with Gasteiger partial charge in [0.25, 0.3) is 0 Å². The van der Waals surface area contributed by atoms with Gasteiger partial charge in [-0.25, -0.2) is 4.79 Å². The van der Waals surface area contributed by atoms with Crippen molar-refractivity contribution < 1.29 is 23.8 Å². The minimum atomic E-state index is -0.377. The summed E-state index contributed by atoms with van der Waals surface area (Å²) in [6.45, 7) is 4.32. The second kappa shape index (κ2) is 10.2. The van der Waals surface area contributed by atoms with Crippen LogP contribution < -0.4 is 14.8 Å². The van der Waals surface area contributed by atoms with Gasteiger partial charge >= 0.3 is 5.97 Å². The molecule has 0 fully saturated rings. The van der Waals surface area contributed by atoms with Crippen molar-refractivity contribution in [2.75, 3.05) is 26.1 Å². The minimum Gasteiger partial charge on any atom is -0.497 e. The molecule has 0 aliphatic rings. The minimum absolute atomic E-state index is 0.277. The highest BCUT2D eigenvalue weighted by Crippen LogP contribution is 2.25. The number of carbonyl (C=O) groups excluding carboxylic acids is 2. The number of amides is 1. The summed E-state index contributed by atoms with van der Waals surface area (Å²) in [5.74, 6) is 0.878. The van der Waals surface area contributed by atoms with Crippen molar-refractivity contribution in [3.05, 3.63) is 59.7 Å². The fraction of sp³-hybridized carbons (Fsp3) is 0.273. The van der Waals surface area contributed by atoms with Gasteiger partial charge in [-0.05, 0) is 48.4 Å². The van der Waals surface area contributed by atoms with E-state index in [-0.39, 0.29) is 17.8 Å². The summed E-state index contributed by atoms with van der Waals surface area (Å²) in [4.78, 5) is 24.1. The molecule has 2 aromatic carbocycles. The number of hydrogen-bond acceptors (Lipinski definition) is 5. The Balaban J connectivity index is 1.97. The number of methoxy groups -OCH3 is 2. The van der Waals surface area contributed by atoms with Crippen molar-refractivity contribution in [3.63, 3.8) is 0 Å². The second-order valence-electron chi connectivity index (χ2n) is 6.50. The van der Waals surface area contributed by atoms with Crippen LogP contribution in [0.5, 0.6) is 11.5 Å². The first-order valence-electron chi connectivity index (χ1n) is 8.91. The highest BCUT2D eigenvalue weighted by molar-refractivity contribution is 6.02. The van der Waals surface area contributed by atoms with Gasteiger partial charge in [0.1, 0.15) is 11.5 Å². The predicted octanol–water partition coefficient (Wildman–Crippen LogP) is 4.17. The van der Waals surface area contributed by atoms with E-state index in [1.165, 1.54) is 6.08 Å². The van der Waals surface area contributed by atoms with E-state index in [4.69, 9.17) is 14.2 Å². The second-order valence-corrected chi connectivity index (χ2v) is 6.50. The van der Waals surface area contributed by atoms with E-state index in [1.54, 1.807) is 62.8 Å². The van der Waals surface area contributed by atoms with Gasteiger partial charge in [-0.2, -0.15) is 0 Å². The third-order valence-electron chi connectivity index (χ3n) is 3.79. The van der Waals surface area contributed by atoms with E-state index in [1.807, 2.05) is 13.8 Å². The zero-order valence-corrected chi connectivity index (χ0v) is 16.5. The number of rotatable bonds is 8. The van der Waals surface area contributed by atoms with E-state index in [9.17, 15) is 9.59 Å². The van der Waals surface area contributed by atoms with E-state index < -0.39 is 0 Å². The number of ether oxygens (including phenoxy) is 3. The third-order valence-corrected chi connectivity index (χ3v) is 3.79. The van der Waals surface area contributed by atoms with Crippen LogP contribution in [-0.4, -0.2) is 32.7 Å². The molecular formula is C22H25NO5.